The number of hydrogen-bond donors (Lipinski definition) is 1. The molecule has 6 nitrogen and oxygen atoms in total. The summed E-state index contributed by atoms with van der Waals surface area (Å²) in [4.78, 5) is 16.5. The highest BCUT2D eigenvalue weighted by atomic mass is 16.4. The molecule has 0 amide bonds. The minimum atomic E-state index is -0.400. The number of hydrogen-bond acceptors (Lipinski definition) is 4. The van der Waals surface area contributed by atoms with E-state index in [2.05, 4.69) is 15.2 Å². The molecule has 4 rings (SSSR count). The van der Waals surface area contributed by atoms with Crippen LogP contribution in [0.1, 0.15) is 11.4 Å². The quantitative estimate of drug-likeness (QED) is 0.631. The summed E-state index contributed by atoms with van der Waals surface area (Å²) in [7, 11) is 0. The molecule has 0 saturated heterocycles. The molecule has 2 aromatic heterocycles. The first-order valence-corrected chi connectivity index (χ1v) is 7.27. The van der Waals surface area contributed by atoms with Crippen LogP contribution in [0.25, 0.3) is 22.5 Å². The molecule has 0 radical (unpaired) electrons. The summed E-state index contributed by atoms with van der Waals surface area (Å²) in [5.74, 6) is 0.816. The largest absolute Gasteiger partial charge is 0.420 e. The van der Waals surface area contributed by atoms with Gasteiger partial charge in [0.2, 0.25) is 0 Å². The van der Waals surface area contributed by atoms with Gasteiger partial charge in [-0.25, -0.2) is 9.78 Å². The minimum absolute atomic E-state index is 0.287. The lowest BCUT2D eigenvalue weighted by Gasteiger charge is -1.99. The lowest BCUT2D eigenvalue weighted by atomic mass is 10.2. The molecule has 4 aromatic rings. The van der Waals surface area contributed by atoms with E-state index in [0.717, 1.165) is 16.6 Å². The summed E-state index contributed by atoms with van der Waals surface area (Å²) in [6.45, 7) is 2.26. The number of H-pyrrole nitrogens is 1. The molecule has 0 spiro atoms. The fourth-order valence-electron chi connectivity index (χ4n) is 2.55. The van der Waals surface area contributed by atoms with Gasteiger partial charge in [0.05, 0.1) is 12.1 Å². The number of nitrogens with zero attached hydrogens (tertiary/aromatic N) is 3. The molecule has 0 fully saturated rings. The second kappa shape index (κ2) is 5.24. The number of rotatable bonds is 3. The van der Waals surface area contributed by atoms with Crippen LogP contribution >= 0.6 is 0 Å². The van der Waals surface area contributed by atoms with Gasteiger partial charge >= 0.3 is 5.76 Å². The van der Waals surface area contributed by atoms with Crippen LogP contribution in [0.5, 0.6) is 0 Å². The Hall–Kier alpha value is -3.15. The van der Waals surface area contributed by atoms with Gasteiger partial charge in [-0.2, -0.15) is 5.10 Å². The minimum Gasteiger partial charge on any atom is -0.408 e. The normalized spacial score (nSPS) is 11.2. The second-order valence-corrected chi connectivity index (χ2v) is 5.40. The molecule has 0 aliphatic carbocycles. The Morgan fingerprint density at radius 2 is 2.00 bits per heavy atom. The predicted molar refractivity (Wildman–Crippen MR) is 86.1 cm³/mol. The summed E-state index contributed by atoms with van der Waals surface area (Å²) < 4.78 is 6.82. The fraction of sp³-hybridized carbons (Fsp3) is 0.118. The van der Waals surface area contributed by atoms with Crippen molar-refractivity contribution >= 4 is 11.1 Å². The van der Waals surface area contributed by atoms with Crippen LogP contribution in [0.3, 0.4) is 0 Å². The van der Waals surface area contributed by atoms with E-state index in [-0.39, 0.29) is 6.54 Å². The molecule has 0 saturated carbocycles. The predicted octanol–water partition coefficient (Wildman–Crippen LogP) is 2.74. The monoisotopic (exact) mass is 306 g/mol. The number of aryl methyl sites for hydroxylation is 1. The van der Waals surface area contributed by atoms with Crippen molar-refractivity contribution in [3.63, 3.8) is 0 Å². The molecule has 23 heavy (non-hydrogen) atoms. The van der Waals surface area contributed by atoms with E-state index in [4.69, 9.17) is 4.42 Å². The molecule has 1 N–H and O–H groups in total. The lowest BCUT2D eigenvalue weighted by Crippen LogP contribution is -2.15. The zero-order valence-electron chi connectivity index (χ0n) is 12.5. The average Bonchev–Trinajstić information content (AvgIpc) is 3.15. The topological polar surface area (TPSA) is 76.7 Å². The zero-order valence-corrected chi connectivity index (χ0v) is 12.5. The first-order chi connectivity index (χ1) is 11.2. The maximum Gasteiger partial charge on any atom is 0.420 e. The molecule has 0 bridgehead atoms. The van der Waals surface area contributed by atoms with Crippen LogP contribution in [0.4, 0.5) is 0 Å². The number of aromatic nitrogens is 4. The van der Waals surface area contributed by atoms with Gasteiger partial charge in [-0.1, -0.05) is 36.4 Å². The van der Waals surface area contributed by atoms with Gasteiger partial charge in [-0.3, -0.25) is 9.67 Å². The Kier molecular flexibility index (Phi) is 3.08. The van der Waals surface area contributed by atoms with Gasteiger partial charge < -0.3 is 4.42 Å². The highest BCUT2D eigenvalue weighted by Gasteiger charge is 2.12. The Labute approximate surface area is 131 Å². The first kappa shape index (κ1) is 13.5. The lowest BCUT2D eigenvalue weighted by molar-refractivity contribution is 0.514. The van der Waals surface area contributed by atoms with Crippen LogP contribution in [0.15, 0.2) is 57.7 Å². The van der Waals surface area contributed by atoms with Gasteiger partial charge in [-0.15, -0.1) is 0 Å². The van der Waals surface area contributed by atoms with Gasteiger partial charge in [0.25, 0.3) is 0 Å². The van der Waals surface area contributed by atoms with Crippen molar-refractivity contribution in [1.82, 2.24) is 19.7 Å². The molecular formula is C17H14N4O2. The van der Waals surface area contributed by atoms with Crippen molar-refractivity contribution in [2.24, 2.45) is 0 Å². The maximum absolute atomic E-state index is 12.1. The highest BCUT2D eigenvalue weighted by molar-refractivity contribution is 5.73. The van der Waals surface area contributed by atoms with Crippen molar-refractivity contribution in [2.45, 2.75) is 13.5 Å². The smallest absolute Gasteiger partial charge is 0.408 e. The first-order valence-electron chi connectivity index (χ1n) is 7.27. The van der Waals surface area contributed by atoms with Crippen molar-refractivity contribution in [2.75, 3.05) is 0 Å². The van der Waals surface area contributed by atoms with Crippen LogP contribution in [-0.4, -0.2) is 19.7 Å². The fourth-order valence-corrected chi connectivity index (χ4v) is 2.55. The number of oxazole rings is 1. The molecule has 0 unspecified atom stereocenters. The van der Waals surface area contributed by atoms with Gasteiger partial charge in [0.1, 0.15) is 5.82 Å². The number of benzene rings is 2. The summed E-state index contributed by atoms with van der Waals surface area (Å²) in [6.07, 6.45) is 0. The summed E-state index contributed by atoms with van der Waals surface area (Å²) in [5, 5.41) is 7.10. The van der Waals surface area contributed by atoms with Crippen molar-refractivity contribution < 1.29 is 4.42 Å². The van der Waals surface area contributed by atoms with Gasteiger partial charge in [-0.05, 0) is 24.6 Å². The number of aromatic amines is 1. The van der Waals surface area contributed by atoms with E-state index in [0.29, 0.717) is 17.2 Å². The Balaban J connectivity index is 1.72. The third kappa shape index (κ3) is 2.44. The van der Waals surface area contributed by atoms with Gasteiger partial charge in [0, 0.05) is 5.56 Å². The molecule has 6 heteroatoms. The van der Waals surface area contributed by atoms with Crippen molar-refractivity contribution in [3.05, 3.63) is 70.5 Å². The molecule has 2 heterocycles. The van der Waals surface area contributed by atoms with E-state index in [1.807, 2.05) is 49.4 Å². The molecule has 2 aromatic carbocycles. The average molecular weight is 306 g/mol. The van der Waals surface area contributed by atoms with Crippen LogP contribution in [0, 0.1) is 6.92 Å². The maximum atomic E-state index is 12.1. The van der Waals surface area contributed by atoms with Crippen LogP contribution in [0.2, 0.25) is 0 Å². The molecular weight excluding hydrogens is 292 g/mol. The van der Waals surface area contributed by atoms with E-state index in [1.54, 1.807) is 10.6 Å². The SMILES string of the molecule is Cc1ccc2oc(=O)n(Cc3nc(-c4ccccc4)n[nH]3)c2c1. The van der Waals surface area contributed by atoms with E-state index in [9.17, 15) is 4.79 Å². The molecule has 0 atom stereocenters. The van der Waals surface area contributed by atoms with Crippen molar-refractivity contribution in [3.8, 4) is 11.4 Å². The molecule has 0 aliphatic heterocycles. The number of nitrogens with one attached hydrogen (secondary N) is 1. The van der Waals surface area contributed by atoms with Crippen molar-refractivity contribution in [1.29, 1.82) is 0 Å². The van der Waals surface area contributed by atoms with E-state index in [1.165, 1.54) is 0 Å². The van der Waals surface area contributed by atoms with Gasteiger partial charge in [0.15, 0.2) is 11.4 Å². The molecule has 114 valence electrons. The Morgan fingerprint density at radius 3 is 2.83 bits per heavy atom. The van der Waals surface area contributed by atoms with E-state index >= 15 is 0 Å². The zero-order chi connectivity index (χ0) is 15.8. The third-order valence-corrected chi connectivity index (χ3v) is 3.69. The Bertz CT molecular complexity index is 1030. The third-order valence-electron chi connectivity index (χ3n) is 3.69. The summed E-state index contributed by atoms with van der Waals surface area (Å²) >= 11 is 0. The summed E-state index contributed by atoms with van der Waals surface area (Å²) in [5.41, 5.74) is 3.32. The summed E-state index contributed by atoms with van der Waals surface area (Å²) in [6, 6.07) is 15.3. The Morgan fingerprint density at radius 1 is 1.17 bits per heavy atom. The van der Waals surface area contributed by atoms with Crippen LogP contribution in [-0.2, 0) is 6.54 Å². The number of fused-ring (bicyclic) bond motifs is 1. The second-order valence-electron chi connectivity index (χ2n) is 5.40. The van der Waals surface area contributed by atoms with Crippen LogP contribution < -0.4 is 5.76 Å². The molecule has 0 aliphatic rings. The standard InChI is InChI=1S/C17H14N4O2/c1-11-7-8-14-13(9-11)21(17(22)23-14)10-15-18-16(20-19-15)12-5-3-2-4-6-12/h2-9H,10H2,1H3,(H,18,19,20). The highest BCUT2D eigenvalue weighted by Crippen LogP contribution is 2.17. The van der Waals surface area contributed by atoms with E-state index < -0.39 is 5.76 Å².